The minimum absolute atomic E-state index is 0.108. The van der Waals surface area contributed by atoms with E-state index in [-0.39, 0.29) is 17.9 Å². The van der Waals surface area contributed by atoms with E-state index >= 15 is 0 Å². The van der Waals surface area contributed by atoms with E-state index in [9.17, 15) is 9.59 Å². The van der Waals surface area contributed by atoms with Gasteiger partial charge in [-0.25, -0.2) is 0 Å². The maximum absolute atomic E-state index is 12.9. The number of amides is 2. The molecule has 6 heteroatoms. The van der Waals surface area contributed by atoms with Crippen molar-refractivity contribution in [1.82, 2.24) is 20.0 Å². The molecule has 0 aromatic heterocycles. The smallest absolute Gasteiger partial charge is 0.242 e. The predicted octanol–water partition coefficient (Wildman–Crippen LogP) is 1.10. The average molecular weight is 358 g/mol. The summed E-state index contributed by atoms with van der Waals surface area (Å²) in [5.74, 6) is 0.237. The SMILES string of the molecule is CN(C)C(=O)CN1CCCN(C(C(=O)NC2CC2)c2ccccc2)CC1. The third kappa shape index (κ3) is 5.05. The number of hydrogen-bond donors (Lipinski definition) is 1. The van der Waals surface area contributed by atoms with E-state index in [1.54, 1.807) is 19.0 Å². The molecule has 1 saturated heterocycles. The van der Waals surface area contributed by atoms with Gasteiger partial charge in [-0.2, -0.15) is 0 Å². The first-order valence-electron chi connectivity index (χ1n) is 9.56. The lowest BCUT2D eigenvalue weighted by atomic mass is 10.0. The fraction of sp³-hybridized carbons (Fsp3) is 0.600. The fourth-order valence-corrected chi connectivity index (χ4v) is 3.41. The number of nitrogens with zero attached hydrogens (tertiary/aromatic N) is 3. The van der Waals surface area contributed by atoms with Crippen molar-refractivity contribution in [3.63, 3.8) is 0 Å². The molecule has 2 amide bonds. The molecule has 3 rings (SSSR count). The summed E-state index contributed by atoms with van der Waals surface area (Å²) in [4.78, 5) is 31.0. The Hall–Kier alpha value is -1.92. The van der Waals surface area contributed by atoms with Crippen molar-refractivity contribution in [1.29, 1.82) is 0 Å². The van der Waals surface area contributed by atoms with Crippen molar-refractivity contribution < 1.29 is 9.59 Å². The van der Waals surface area contributed by atoms with Crippen molar-refractivity contribution in [2.45, 2.75) is 31.3 Å². The molecule has 26 heavy (non-hydrogen) atoms. The number of carbonyl (C=O) groups is 2. The second kappa shape index (κ2) is 8.64. The molecule has 1 atom stereocenters. The molecule has 0 spiro atoms. The molecular weight excluding hydrogens is 328 g/mol. The lowest BCUT2D eigenvalue weighted by molar-refractivity contribution is -0.130. The van der Waals surface area contributed by atoms with Crippen molar-refractivity contribution in [3.8, 4) is 0 Å². The molecule has 1 unspecified atom stereocenters. The van der Waals surface area contributed by atoms with Gasteiger partial charge in [0.1, 0.15) is 6.04 Å². The monoisotopic (exact) mass is 358 g/mol. The Morgan fingerprint density at radius 2 is 1.85 bits per heavy atom. The summed E-state index contributed by atoms with van der Waals surface area (Å²) in [5, 5.41) is 3.17. The lowest BCUT2D eigenvalue weighted by Crippen LogP contribution is -2.43. The van der Waals surface area contributed by atoms with Crippen molar-refractivity contribution in [3.05, 3.63) is 35.9 Å². The van der Waals surface area contributed by atoms with Crippen LogP contribution in [0.4, 0.5) is 0 Å². The summed E-state index contributed by atoms with van der Waals surface area (Å²) in [5.41, 5.74) is 1.04. The molecule has 1 aliphatic carbocycles. The van der Waals surface area contributed by atoms with Crippen molar-refractivity contribution >= 4 is 11.8 Å². The number of carbonyl (C=O) groups excluding carboxylic acids is 2. The molecule has 6 nitrogen and oxygen atoms in total. The highest BCUT2D eigenvalue weighted by Crippen LogP contribution is 2.25. The quantitative estimate of drug-likeness (QED) is 0.828. The minimum Gasteiger partial charge on any atom is -0.352 e. The Morgan fingerprint density at radius 1 is 1.12 bits per heavy atom. The van der Waals surface area contributed by atoms with E-state index in [4.69, 9.17) is 0 Å². The van der Waals surface area contributed by atoms with Gasteiger partial charge in [0, 0.05) is 39.8 Å². The zero-order chi connectivity index (χ0) is 18.5. The number of rotatable bonds is 6. The Morgan fingerprint density at radius 3 is 2.50 bits per heavy atom. The zero-order valence-corrected chi connectivity index (χ0v) is 15.9. The van der Waals surface area contributed by atoms with Crippen LogP contribution in [0.25, 0.3) is 0 Å². The van der Waals surface area contributed by atoms with Gasteiger partial charge < -0.3 is 10.2 Å². The number of benzene rings is 1. The van der Waals surface area contributed by atoms with Crippen LogP contribution in [0.3, 0.4) is 0 Å². The molecule has 1 aromatic rings. The van der Waals surface area contributed by atoms with Crippen molar-refractivity contribution in [2.75, 3.05) is 46.8 Å². The summed E-state index contributed by atoms with van der Waals surface area (Å²) in [6.45, 7) is 3.80. The summed E-state index contributed by atoms with van der Waals surface area (Å²) < 4.78 is 0. The van der Waals surface area contributed by atoms with Crippen LogP contribution in [0.15, 0.2) is 30.3 Å². The molecule has 1 aromatic carbocycles. The van der Waals surface area contributed by atoms with E-state index in [2.05, 4.69) is 15.1 Å². The highest BCUT2D eigenvalue weighted by molar-refractivity contribution is 5.83. The van der Waals surface area contributed by atoms with Crippen LogP contribution in [0.5, 0.6) is 0 Å². The molecule has 0 radical (unpaired) electrons. The standard InChI is InChI=1S/C20H30N4O2/c1-22(2)18(25)15-23-11-6-12-24(14-13-23)19(16-7-4-3-5-8-16)20(26)21-17-9-10-17/h3-5,7-8,17,19H,6,9-15H2,1-2H3,(H,21,26). The second-order valence-electron chi connectivity index (χ2n) is 7.55. The number of nitrogens with one attached hydrogen (secondary N) is 1. The first-order valence-corrected chi connectivity index (χ1v) is 9.56. The van der Waals surface area contributed by atoms with Gasteiger partial charge >= 0.3 is 0 Å². The highest BCUT2D eigenvalue weighted by atomic mass is 16.2. The third-order valence-corrected chi connectivity index (χ3v) is 5.13. The first-order chi connectivity index (χ1) is 12.5. The van der Waals surface area contributed by atoms with Crippen LogP contribution < -0.4 is 5.32 Å². The van der Waals surface area contributed by atoms with Gasteiger partial charge in [-0.1, -0.05) is 30.3 Å². The van der Waals surface area contributed by atoms with Crippen LogP contribution >= 0.6 is 0 Å². The molecule has 1 heterocycles. The maximum atomic E-state index is 12.9. The largest absolute Gasteiger partial charge is 0.352 e. The van der Waals surface area contributed by atoms with E-state index in [1.807, 2.05) is 30.3 Å². The van der Waals surface area contributed by atoms with Crippen LogP contribution in [-0.2, 0) is 9.59 Å². The summed E-state index contributed by atoms with van der Waals surface area (Å²) in [7, 11) is 3.58. The van der Waals surface area contributed by atoms with Crippen LogP contribution in [0.1, 0.15) is 30.9 Å². The Bertz CT molecular complexity index is 615. The maximum Gasteiger partial charge on any atom is 0.242 e. The summed E-state index contributed by atoms with van der Waals surface area (Å²) in [6.07, 6.45) is 3.14. The van der Waals surface area contributed by atoms with E-state index < -0.39 is 0 Å². The Balaban J connectivity index is 1.68. The first kappa shape index (κ1) is 18.9. The van der Waals surface area contributed by atoms with E-state index in [0.717, 1.165) is 51.0 Å². The Labute approximate surface area is 156 Å². The Kier molecular flexibility index (Phi) is 6.27. The lowest BCUT2D eigenvalue weighted by Gasteiger charge is -2.30. The van der Waals surface area contributed by atoms with Crippen LogP contribution in [0.2, 0.25) is 0 Å². The average Bonchev–Trinajstić information content (AvgIpc) is 3.45. The molecule has 142 valence electrons. The van der Waals surface area contributed by atoms with E-state index in [0.29, 0.717) is 12.6 Å². The normalized spacial score (nSPS) is 20.2. The summed E-state index contributed by atoms with van der Waals surface area (Å²) >= 11 is 0. The van der Waals surface area contributed by atoms with Gasteiger partial charge in [0.05, 0.1) is 6.54 Å². The fourth-order valence-electron chi connectivity index (χ4n) is 3.41. The molecule has 2 fully saturated rings. The third-order valence-electron chi connectivity index (χ3n) is 5.13. The predicted molar refractivity (Wildman–Crippen MR) is 102 cm³/mol. The summed E-state index contributed by atoms with van der Waals surface area (Å²) in [6, 6.07) is 10.1. The molecule has 0 bridgehead atoms. The van der Waals surface area contributed by atoms with Gasteiger partial charge in [-0.3, -0.25) is 19.4 Å². The number of hydrogen-bond acceptors (Lipinski definition) is 4. The van der Waals surface area contributed by atoms with Gasteiger partial charge in [-0.15, -0.1) is 0 Å². The topological polar surface area (TPSA) is 55.9 Å². The number of likely N-dealkylation sites (N-methyl/N-ethyl adjacent to an activating group) is 1. The van der Waals surface area contributed by atoms with E-state index in [1.165, 1.54) is 0 Å². The van der Waals surface area contributed by atoms with Gasteiger partial charge in [-0.05, 0) is 31.4 Å². The molecule has 1 aliphatic heterocycles. The molecule has 1 N–H and O–H groups in total. The van der Waals surface area contributed by atoms with Gasteiger partial charge in [0.15, 0.2) is 0 Å². The molecule has 2 aliphatic rings. The highest BCUT2D eigenvalue weighted by Gasteiger charge is 2.33. The molecular formula is C20H30N4O2. The van der Waals surface area contributed by atoms with Gasteiger partial charge in [0.2, 0.25) is 11.8 Å². The van der Waals surface area contributed by atoms with Gasteiger partial charge in [0.25, 0.3) is 0 Å². The zero-order valence-electron chi connectivity index (χ0n) is 15.9. The second-order valence-corrected chi connectivity index (χ2v) is 7.55. The minimum atomic E-state index is -0.249. The van der Waals surface area contributed by atoms with Crippen molar-refractivity contribution in [2.24, 2.45) is 0 Å². The van der Waals surface area contributed by atoms with Crippen LogP contribution in [0, 0.1) is 0 Å². The van der Waals surface area contributed by atoms with Crippen LogP contribution in [-0.4, -0.2) is 79.4 Å². The molecule has 1 saturated carbocycles.